The van der Waals surface area contributed by atoms with Crippen molar-refractivity contribution in [2.24, 2.45) is 0 Å². The van der Waals surface area contributed by atoms with Crippen molar-refractivity contribution in [3.8, 4) is 0 Å². The second-order valence-corrected chi connectivity index (χ2v) is 4.82. The molecular formula is C16H20N4O. The summed E-state index contributed by atoms with van der Waals surface area (Å²) in [6.45, 7) is 4.70. The second-order valence-electron chi connectivity index (χ2n) is 4.82. The second kappa shape index (κ2) is 7.38. The first-order chi connectivity index (χ1) is 10.2. The quantitative estimate of drug-likeness (QED) is 0.856. The molecule has 0 fully saturated rings. The van der Waals surface area contributed by atoms with Gasteiger partial charge < -0.3 is 10.6 Å². The van der Waals surface area contributed by atoms with Crippen LogP contribution in [0.1, 0.15) is 42.4 Å². The minimum Gasteiger partial charge on any atom is -0.363 e. The van der Waals surface area contributed by atoms with Gasteiger partial charge in [0, 0.05) is 18.7 Å². The molecule has 1 heterocycles. The fourth-order valence-corrected chi connectivity index (χ4v) is 1.94. The molecule has 1 atom stereocenters. The van der Waals surface area contributed by atoms with Crippen molar-refractivity contribution < 1.29 is 4.79 Å². The van der Waals surface area contributed by atoms with Crippen molar-refractivity contribution in [1.29, 1.82) is 0 Å². The number of nitrogens with one attached hydrogen (secondary N) is 2. The van der Waals surface area contributed by atoms with Gasteiger partial charge in [-0.05, 0) is 18.9 Å². The molecule has 2 N–H and O–H groups in total. The van der Waals surface area contributed by atoms with E-state index in [1.807, 2.05) is 44.2 Å². The largest absolute Gasteiger partial charge is 0.363 e. The lowest BCUT2D eigenvalue weighted by Gasteiger charge is -2.15. The monoisotopic (exact) mass is 284 g/mol. The van der Waals surface area contributed by atoms with Crippen molar-refractivity contribution in [2.45, 2.75) is 26.3 Å². The molecule has 5 nitrogen and oxygen atoms in total. The summed E-state index contributed by atoms with van der Waals surface area (Å²) in [6.07, 6.45) is 2.30. The van der Waals surface area contributed by atoms with Gasteiger partial charge >= 0.3 is 0 Å². The lowest BCUT2D eigenvalue weighted by Crippen LogP contribution is -2.25. The summed E-state index contributed by atoms with van der Waals surface area (Å²) in [5, 5.41) is 6.08. The highest BCUT2D eigenvalue weighted by atomic mass is 16.1. The Morgan fingerprint density at radius 2 is 2.00 bits per heavy atom. The molecule has 0 radical (unpaired) electrons. The van der Waals surface area contributed by atoms with Crippen molar-refractivity contribution in [3.05, 3.63) is 54.0 Å². The summed E-state index contributed by atoms with van der Waals surface area (Å²) in [4.78, 5) is 20.1. The minimum atomic E-state index is -0.172. The molecule has 1 unspecified atom stereocenters. The number of anilines is 1. The molecule has 1 aromatic heterocycles. The summed E-state index contributed by atoms with van der Waals surface area (Å²) in [7, 11) is 0. The smallest absolute Gasteiger partial charge is 0.270 e. The lowest BCUT2D eigenvalue weighted by molar-refractivity contribution is 0.0948. The summed E-state index contributed by atoms with van der Waals surface area (Å²) < 4.78 is 0. The molecule has 0 aliphatic rings. The van der Waals surface area contributed by atoms with E-state index in [-0.39, 0.29) is 11.9 Å². The average Bonchev–Trinajstić information content (AvgIpc) is 2.53. The molecule has 1 amide bonds. The third-order valence-corrected chi connectivity index (χ3v) is 3.10. The molecular weight excluding hydrogens is 264 g/mol. The molecule has 0 aliphatic carbocycles. The Labute approximate surface area is 124 Å². The van der Waals surface area contributed by atoms with Crippen molar-refractivity contribution in [3.63, 3.8) is 0 Å². The minimum absolute atomic E-state index is 0.104. The van der Waals surface area contributed by atoms with Gasteiger partial charge in [-0.25, -0.2) is 9.97 Å². The highest BCUT2D eigenvalue weighted by Crippen LogP contribution is 2.17. The molecule has 1 aromatic carbocycles. The summed E-state index contributed by atoms with van der Waals surface area (Å²) in [6, 6.07) is 11.9. The maximum atomic E-state index is 11.9. The van der Waals surface area contributed by atoms with Gasteiger partial charge in [-0.15, -0.1) is 0 Å². The van der Waals surface area contributed by atoms with E-state index in [4.69, 9.17) is 0 Å². The molecule has 0 aliphatic heterocycles. The van der Waals surface area contributed by atoms with Crippen LogP contribution in [0.15, 0.2) is 42.7 Å². The zero-order chi connectivity index (χ0) is 15.1. The molecule has 2 aromatic rings. The predicted molar refractivity (Wildman–Crippen MR) is 83.1 cm³/mol. The summed E-state index contributed by atoms with van der Waals surface area (Å²) in [5.41, 5.74) is 1.54. The number of rotatable bonds is 6. The molecule has 0 saturated heterocycles. The lowest BCUT2D eigenvalue weighted by atomic mass is 10.1. The molecule has 110 valence electrons. The third kappa shape index (κ3) is 4.27. The van der Waals surface area contributed by atoms with E-state index < -0.39 is 0 Å². The van der Waals surface area contributed by atoms with E-state index in [0.29, 0.717) is 18.1 Å². The first-order valence-electron chi connectivity index (χ1n) is 7.12. The van der Waals surface area contributed by atoms with Gasteiger partial charge in [-0.1, -0.05) is 37.3 Å². The predicted octanol–water partition coefficient (Wildman–Crippen LogP) is 2.79. The zero-order valence-electron chi connectivity index (χ0n) is 12.3. The van der Waals surface area contributed by atoms with Crippen molar-refractivity contribution in [1.82, 2.24) is 15.3 Å². The van der Waals surface area contributed by atoms with Gasteiger partial charge in [0.2, 0.25) is 0 Å². The fraction of sp³-hybridized carbons (Fsp3) is 0.312. The SMILES string of the molecule is CCCNC(=O)c1cc(NC(C)c2ccccc2)ncn1. The number of nitrogens with zero attached hydrogens (tertiary/aromatic N) is 2. The number of amides is 1. The maximum Gasteiger partial charge on any atom is 0.270 e. The van der Waals surface area contributed by atoms with Crippen molar-refractivity contribution >= 4 is 11.7 Å². The molecule has 2 rings (SSSR count). The molecule has 0 spiro atoms. The first-order valence-corrected chi connectivity index (χ1v) is 7.12. The van der Waals surface area contributed by atoms with Gasteiger partial charge in [-0.2, -0.15) is 0 Å². The molecule has 0 bridgehead atoms. The van der Waals surface area contributed by atoms with Crippen LogP contribution in [-0.2, 0) is 0 Å². The number of aromatic nitrogens is 2. The van der Waals surface area contributed by atoms with E-state index in [1.165, 1.54) is 6.33 Å². The highest BCUT2D eigenvalue weighted by molar-refractivity contribution is 5.92. The fourth-order valence-electron chi connectivity index (χ4n) is 1.94. The van der Waals surface area contributed by atoms with Gasteiger partial charge in [0.05, 0.1) is 0 Å². The van der Waals surface area contributed by atoms with E-state index in [1.54, 1.807) is 6.07 Å². The van der Waals surface area contributed by atoms with Crippen LogP contribution in [0.2, 0.25) is 0 Å². The topological polar surface area (TPSA) is 66.9 Å². The number of hydrogen-bond acceptors (Lipinski definition) is 4. The Kier molecular flexibility index (Phi) is 5.26. The van der Waals surface area contributed by atoms with E-state index >= 15 is 0 Å². The first kappa shape index (κ1) is 15.0. The van der Waals surface area contributed by atoms with Crippen molar-refractivity contribution in [2.75, 3.05) is 11.9 Å². The van der Waals surface area contributed by atoms with Crippen LogP contribution >= 0.6 is 0 Å². The summed E-state index contributed by atoms with van der Waals surface area (Å²) in [5.74, 6) is 0.470. The van der Waals surface area contributed by atoms with Crippen LogP contribution in [0.4, 0.5) is 5.82 Å². The van der Waals surface area contributed by atoms with E-state index in [2.05, 4.69) is 20.6 Å². The Morgan fingerprint density at radius 3 is 2.71 bits per heavy atom. The Hall–Kier alpha value is -2.43. The zero-order valence-corrected chi connectivity index (χ0v) is 12.3. The van der Waals surface area contributed by atoms with E-state index in [0.717, 1.165) is 12.0 Å². The average molecular weight is 284 g/mol. The Balaban J connectivity index is 2.06. The summed E-state index contributed by atoms with van der Waals surface area (Å²) >= 11 is 0. The van der Waals surface area contributed by atoms with Gasteiger partial charge in [0.25, 0.3) is 5.91 Å². The normalized spacial score (nSPS) is 11.7. The van der Waals surface area contributed by atoms with E-state index in [9.17, 15) is 4.79 Å². The maximum absolute atomic E-state index is 11.9. The number of carbonyl (C=O) groups is 1. The Bertz CT molecular complexity index is 586. The van der Waals surface area contributed by atoms with Gasteiger partial charge in [0.15, 0.2) is 0 Å². The van der Waals surface area contributed by atoms with Gasteiger partial charge in [0.1, 0.15) is 17.8 Å². The van der Waals surface area contributed by atoms with Crippen LogP contribution in [-0.4, -0.2) is 22.4 Å². The van der Waals surface area contributed by atoms with Crippen LogP contribution in [0, 0.1) is 0 Å². The molecule has 5 heteroatoms. The van der Waals surface area contributed by atoms with Crippen LogP contribution in [0.5, 0.6) is 0 Å². The van der Waals surface area contributed by atoms with Crippen LogP contribution in [0.3, 0.4) is 0 Å². The number of hydrogen-bond donors (Lipinski definition) is 2. The van der Waals surface area contributed by atoms with Crippen LogP contribution in [0.25, 0.3) is 0 Å². The molecule has 0 saturated carbocycles. The number of carbonyl (C=O) groups excluding carboxylic acids is 1. The third-order valence-electron chi connectivity index (χ3n) is 3.10. The van der Waals surface area contributed by atoms with Crippen LogP contribution < -0.4 is 10.6 Å². The standard InChI is InChI=1S/C16H20N4O/c1-3-9-17-16(21)14-10-15(19-11-18-14)20-12(2)13-7-5-4-6-8-13/h4-8,10-12H,3,9H2,1-2H3,(H,17,21)(H,18,19,20). The molecule has 21 heavy (non-hydrogen) atoms. The Morgan fingerprint density at radius 1 is 1.24 bits per heavy atom. The highest BCUT2D eigenvalue weighted by Gasteiger charge is 2.10. The van der Waals surface area contributed by atoms with Gasteiger partial charge in [-0.3, -0.25) is 4.79 Å². The number of benzene rings is 1.